The number of ether oxygens (including phenoxy) is 5. The van der Waals surface area contributed by atoms with E-state index < -0.39 is 83.9 Å². The maximum absolute atomic E-state index is 14.4. The van der Waals surface area contributed by atoms with Crippen LogP contribution >= 0.6 is 0 Å². The van der Waals surface area contributed by atoms with Crippen LogP contribution in [0.5, 0.6) is 0 Å². The van der Waals surface area contributed by atoms with Crippen molar-refractivity contribution in [3.8, 4) is 0 Å². The molecule has 0 aromatic carbocycles. The maximum atomic E-state index is 14.4. The molecule has 1 saturated carbocycles. The third-order valence-electron chi connectivity index (χ3n) is 14.6. The third-order valence-corrected chi connectivity index (χ3v) is 14.6. The van der Waals surface area contributed by atoms with Gasteiger partial charge in [-0.3, -0.25) is 19.2 Å². The van der Waals surface area contributed by atoms with E-state index in [9.17, 15) is 39.3 Å². The summed E-state index contributed by atoms with van der Waals surface area (Å²) in [4.78, 5) is 72.1. The average Bonchev–Trinajstić information content (AvgIpc) is 3.29. The van der Waals surface area contributed by atoms with Crippen LogP contribution < -0.4 is 0 Å². The average molecular weight is 942 g/mol. The molecule has 4 aliphatic rings. The van der Waals surface area contributed by atoms with Crippen molar-refractivity contribution in [2.75, 3.05) is 20.8 Å². The van der Waals surface area contributed by atoms with E-state index >= 15 is 0 Å². The van der Waals surface area contributed by atoms with Crippen molar-refractivity contribution < 1.29 is 63.0 Å². The quantitative estimate of drug-likeness (QED) is 0.135. The Morgan fingerprint density at radius 3 is 2.24 bits per heavy atom. The highest BCUT2D eigenvalue weighted by molar-refractivity contribution is 6.39. The number of carbonyl (C=O) groups excluding carboxylic acids is 5. The van der Waals surface area contributed by atoms with Crippen LogP contribution in [0, 0.1) is 35.5 Å². The Bertz CT molecular complexity index is 1800. The summed E-state index contributed by atoms with van der Waals surface area (Å²) in [6, 6.07) is -1.14. The normalized spacial score (nSPS) is 39.7. The molecular weight excluding hydrogens is 859 g/mol. The minimum absolute atomic E-state index is 0.0150. The van der Waals surface area contributed by atoms with E-state index in [-0.39, 0.29) is 60.9 Å². The number of cyclic esters (lactones) is 1. The maximum Gasteiger partial charge on any atom is 0.329 e. The zero-order chi connectivity index (χ0) is 49.7. The molecule has 14 nitrogen and oxygen atoms in total. The number of carbonyl (C=O) groups is 5. The summed E-state index contributed by atoms with van der Waals surface area (Å²) in [6.45, 7) is 16.6. The van der Waals surface area contributed by atoms with E-state index in [1.807, 2.05) is 71.9 Å². The first-order chi connectivity index (χ1) is 31.6. The van der Waals surface area contributed by atoms with Crippen molar-refractivity contribution in [2.24, 2.45) is 35.5 Å². The van der Waals surface area contributed by atoms with E-state index in [1.165, 1.54) is 12.0 Å². The van der Waals surface area contributed by atoms with Crippen molar-refractivity contribution in [3.63, 3.8) is 0 Å². The van der Waals surface area contributed by atoms with Crippen molar-refractivity contribution in [1.29, 1.82) is 0 Å². The standard InChI is InChI=1S/C53H83NO13/c1-31(2)65-44-29-40-22-20-38(9)53(62,67-40)50(59)51(60)54-24-16-15-19-41(54)52(61)66-45(35(6)27-39-21-23-42(55)46(28-39)63-10)30-43(56)34(5)26-37(8)48(58)49(64-11)47(57)36(7)25-32(3)17-13-12-14-18-33(44)4/h12-14,17-18,26,31-32,34-36,38-42,44-46,48-49,55,58,62H,15-16,19-25,27-30H2,1-11H3/b14-12+,17-13+,33-18+,37-26+/t32-,34-,35-,36-,38-,39?,40+,41+,42-,44+,45?,46-,48-,49+,53-/m1/s1. The molecule has 4 rings (SSSR count). The predicted molar refractivity (Wildman–Crippen MR) is 254 cm³/mol. The third kappa shape index (κ3) is 15.3. The van der Waals surface area contributed by atoms with Gasteiger partial charge < -0.3 is 43.9 Å². The number of nitrogens with zero attached hydrogens (tertiary/aromatic N) is 1. The fraction of sp³-hybridized carbons (Fsp3) is 0.755. The molecule has 0 aromatic rings. The Morgan fingerprint density at radius 1 is 0.851 bits per heavy atom. The molecule has 2 bridgehead atoms. The smallest absolute Gasteiger partial charge is 0.329 e. The number of aliphatic hydroxyl groups excluding tert-OH is 2. The molecule has 2 unspecified atom stereocenters. The number of hydrogen-bond donors (Lipinski definition) is 3. The largest absolute Gasteiger partial charge is 0.460 e. The molecule has 0 spiro atoms. The number of hydrogen-bond acceptors (Lipinski definition) is 13. The predicted octanol–water partition coefficient (Wildman–Crippen LogP) is 6.96. The minimum atomic E-state index is -2.44. The van der Waals surface area contributed by atoms with Crippen LogP contribution in [-0.4, -0.2) is 131 Å². The first-order valence-electron chi connectivity index (χ1n) is 24.9. The van der Waals surface area contributed by atoms with Crippen LogP contribution in [0.15, 0.2) is 47.6 Å². The molecule has 1 aliphatic carbocycles. The minimum Gasteiger partial charge on any atom is -0.460 e. The lowest BCUT2D eigenvalue weighted by Gasteiger charge is -2.43. The van der Waals surface area contributed by atoms with Crippen LogP contribution in [0.3, 0.4) is 0 Å². The molecule has 2 saturated heterocycles. The highest BCUT2D eigenvalue weighted by atomic mass is 16.6. The van der Waals surface area contributed by atoms with Crippen molar-refractivity contribution >= 4 is 29.2 Å². The summed E-state index contributed by atoms with van der Waals surface area (Å²) < 4.78 is 30.0. The number of amides is 1. The number of Topliss-reactive ketones (excluding diaryl/α,β-unsaturated/α-hetero) is 3. The molecular formula is C53H83NO13. The van der Waals surface area contributed by atoms with Gasteiger partial charge in [-0.2, -0.15) is 0 Å². The van der Waals surface area contributed by atoms with Crippen LogP contribution in [0.25, 0.3) is 0 Å². The second kappa shape index (κ2) is 26.0. The molecule has 1 amide bonds. The highest BCUT2D eigenvalue weighted by Gasteiger charge is 2.53. The van der Waals surface area contributed by atoms with Crippen LogP contribution in [0.1, 0.15) is 139 Å². The van der Waals surface area contributed by atoms with Gasteiger partial charge in [-0.25, -0.2) is 4.79 Å². The van der Waals surface area contributed by atoms with Crippen molar-refractivity contribution in [2.45, 2.75) is 200 Å². The fourth-order valence-electron chi connectivity index (χ4n) is 10.3. The fourth-order valence-corrected chi connectivity index (χ4v) is 10.3. The Labute approximate surface area is 399 Å². The van der Waals surface area contributed by atoms with Crippen LogP contribution in [0.2, 0.25) is 0 Å². The zero-order valence-corrected chi connectivity index (χ0v) is 42.2. The molecule has 15 atom stereocenters. The topological polar surface area (TPSA) is 195 Å². The van der Waals surface area contributed by atoms with Gasteiger partial charge in [-0.1, -0.05) is 71.1 Å². The molecule has 3 N–H and O–H groups in total. The van der Waals surface area contributed by atoms with Gasteiger partial charge in [0.2, 0.25) is 5.79 Å². The van der Waals surface area contributed by atoms with E-state index in [4.69, 9.17) is 23.7 Å². The highest BCUT2D eigenvalue weighted by Crippen LogP contribution is 2.38. The molecule has 0 aromatic heterocycles. The Hall–Kier alpha value is -3.37. The SMILES string of the molecule is CO[C@@H]1CC(C[C@@H](C)C2CC(=O)[C@H](C)/C=C(\C)[C@@H](O)[C@@H](OC)C(=O)[C@H](C)C[C@H](C)/C=C/C=C/C=C(\C)[C@@H](OC(C)C)C[C@@H]3CC[C@@H](C)[C@@](O)(O3)C(=O)C(=O)N3CCCC[C@H]3C(=O)O2)CC[C@H]1O. The van der Waals surface area contributed by atoms with E-state index in [2.05, 4.69) is 0 Å². The zero-order valence-electron chi connectivity index (χ0n) is 42.2. The number of aliphatic hydroxyl groups is 3. The van der Waals surface area contributed by atoms with Gasteiger partial charge in [0.15, 0.2) is 5.78 Å². The molecule has 3 heterocycles. The molecule has 14 heteroatoms. The number of esters is 1. The number of methoxy groups -OCH3 is 2. The second-order valence-corrected chi connectivity index (χ2v) is 20.5. The number of piperidine rings is 1. The van der Waals surface area contributed by atoms with E-state index in [1.54, 1.807) is 34.0 Å². The lowest BCUT2D eigenvalue weighted by molar-refractivity contribution is -0.266. The number of fused-ring (bicyclic) bond motifs is 3. The molecule has 0 radical (unpaired) electrons. The van der Waals surface area contributed by atoms with Gasteiger partial charge in [-0.15, -0.1) is 0 Å². The van der Waals surface area contributed by atoms with Crippen molar-refractivity contribution in [1.82, 2.24) is 4.90 Å². The summed E-state index contributed by atoms with van der Waals surface area (Å²) in [7, 11) is 2.95. The molecule has 3 fully saturated rings. The molecule has 378 valence electrons. The second-order valence-electron chi connectivity index (χ2n) is 20.5. The summed E-state index contributed by atoms with van der Waals surface area (Å²) in [5.41, 5.74) is 1.28. The Morgan fingerprint density at radius 2 is 1.57 bits per heavy atom. The van der Waals surface area contributed by atoms with Crippen LogP contribution in [0.4, 0.5) is 0 Å². The van der Waals surface area contributed by atoms with Gasteiger partial charge in [0.25, 0.3) is 11.7 Å². The molecule has 3 aliphatic heterocycles. The van der Waals surface area contributed by atoms with Gasteiger partial charge in [-0.05, 0) is 121 Å². The molecule has 67 heavy (non-hydrogen) atoms. The van der Waals surface area contributed by atoms with Gasteiger partial charge in [0.05, 0.1) is 30.5 Å². The van der Waals surface area contributed by atoms with Crippen LogP contribution in [-0.2, 0) is 47.7 Å². The monoisotopic (exact) mass is 942 g/mol. The number of ketones is 3. The first kappa shape index (κ1) is 56.2. The number of allylic oxidation sites excluding steroid dienone is 6. The van der Waals surface area contributed by atoms with E-state index in [0.717, 1.165) is 12.0 Å². The first-order valence-corrected chi connectivity index (χ1v) is 24.9. The summed E-state index contributed by atoms with van der Waals surface area (Å²) >= 11 is 0. The summed E-state index contributed by atoms with van der Waals surface area (Å²) in [5, 5.41) is 34.0. The van der Waals surface area contributed by atoms with E-state index in [0.29, 0.717) is 63.4 Å². The van der Waals surface area contributed by atoms with Gasteiger partial charge in [0.1, 0.15) is 30.1 Å². The summed E-state index contributed by atoms with van der Waals surface area (Å²) in [6.07, 6.45) is 11.1. The Balaban J connectivity index is 1.72. The Kier molecular flexibility index (Phi) is 21.8. The van der Waals surface area contributed by atoms with Crippen molar-refractivity contribution in [3.05, 3.63) is 47.6 Å². The number of rotatable bonds is 7. The van der Waals surface area contributed by atoms with Gasteiger partial charge >= 0.3 is 5.97 Å². The lowest BCUT2D eigenvalue weighted by atomic mass is 9.78. The lowest BCUT2D eigenvalue weighted by Crippen LogP contribution is -2.61. The summed E-state index contributed by atoms with van der Waals surface area (Å²) in [5.74, 6) is -7.98. The van der Waals surface area contributed by atoms with Gasteiger partial charge in [0, 0.05) is 51.4 Å².